The summed E-state index contributed by atoms with van der Waals surface area (Å²) in [6.07, 6.45) is 3.77. The highest BCUT2D eigenvalue weighted by Crippen LogP contribution is 2.34. The first kappa shape index (κ1) is 15.1. The SMILES string of the molecule is N#Cc1ccc(C(O)Cn2cnc3sc4c(c3c2=O)CCC4)cc1. The minimum absolute atomic E-state index is 0.0768. The van der Waals surface area contributed by atoms with E-state index in [4.69, 9.17) is 5.26 Å². The molecule has 3 aromatic rings. The quantitative estimate of drug-likeness (QED) is 0.796. The highest BCUT2D eigenvalue weighted by Gasteiger charge is 2.21. The molecular formula is C18H15N3O2S. The molecule has 1 unspecified atom stereocenters. The maximum Gasteiger partial charge on any atom is 0.262 e. The van der Waals surface area contributed by atoms with Crippen LogP contribution in [0.3, 0.4) is 0 Å². The molecule has 1 N–H and O–H groups in total. The fourth-order valence-electron chi connectivity index (χ4n) is 3.22. The van der Waals surface area contributed by atoms with Crippen LogP contribution in [0.25, 0.3) is 10.2 Å². The van der Waals surface area contributed by atoms with Gasteiger partial charge in [-0.2, -0.15) is 5.26 Å². The van der Waals surface area contributed by atoms with Crippen molar-refractivity contribution in [2.24, 2.45) is 0 Å². The van der Waals surface area contributed by atoms with Crippen molar-refractivity contribution < 1.29 is 5.11 Å². The van der Waals surface area contributed by atoms with E-state index in [1.165, 1.54) is 15.8 Å². The van der Waals surface area contributed by atoms with Crippen molar-refractivity contribution in [3.63, 3.8) is 0 Å². The Labute approximate surface area is 142 Å². The minimum atomic E-state index is -0.818. The van der Waals surface area contributed by atoms with Crippen molar-refractivity contribution in [2.45, 2.75) is 31.9 Å². The fraction of sp³-hybridized carbons (Fsp3) is 0.278. The number of aliphatic hydroxyl groups is 1. The molecule has 24 heavy (non-hydrogen) atoms. The van der Waals surface area contributed by atoms with Gasteiger partial charge in [0.15, 0.2) is 0 Å². The number of hydrogen-bond acceptors (Lipinski definition) is 5. The molecule has 2 heterocycles. The average molecular weight is 337 g/mol. The van der Waals surface area contributed by atoms with Gasteiger partial charge in [-0.05, 0) is 42.5 Å². The largest absolute Gasteiger partial charge is 0.387 e. The smallest absolute Gasteiger partial charge is 0.262 e. The lowest BCUT2D eigenvalue weighted by Gasteiger charge is -2.13. The van der Waals surface area contributed by atoms with Gasteiger partial charge in [-0.25, -0.2) is 4.98 Å². The Hall–Kier alpha value is -2.49. The molecule has 1 atom stereocenters. The second kappa shape index (κ2) is 5.86. The molecule has 0 saturated heterocycles. The number of aromatic nitrogens is 2. The first-order valence-electron chi connectivity index (χ1n) is 7.85. The maximum absolute atomic E-state index is 12.8. The number of fused-ring (bicyclic) bond motifs is 3. The van der Waals surface area contributed by atoms with E-state index in [9.17, 15) is 9.90 Å². The van der Waals surface area contributed by atoms with Crippen molar-refractivity contribution in [2.75, 3.05) is 0 Å². The first-order chi connectivity index (χ1) is 11.7. The number of rotatable bonds is 3. The molecule has 0 fully saturated rings. The molecule has 5 nitrogen and oxygen atoms in total. The minimum Gasteiger partial charge on any atom is -0.387 e. The lowest BCUT2D eigenvalue weighted by atomic mass is 10.1. The second-order valence-corrected chi connectivity index (χ2v) is 7.07. The molecule has 0 saturated carbocycles. The van der Waals surface area contributed by atoms with Crippen LogP contribution in [-0.4, -0.2) is 14.7 Å². The van der Waals surface area contributed by atoms with Crippen LogP contribution in [0.15, 0.2) is 35.4 Å². The van der Waals surface area contributed by atoms with Crippen LogP contribution < -0.4 is 5.56 Å². The number of nitriles is 1. The molecule has 0 bridgehead atoms. The topological polar surface area (TPSA) is 78.9 Å². The van der Waals surface area contributed by atoms with E-state index in [1.54, 1.807) is 35.6 Å². The molecular weight excluding hydrogens is 322 g/mol. The summed E-state index contributed by atoms with van der Waals surface area (Å²) in [6.45, 7) is 0.151. The Morgan fingerprint density at radius 3 is 2.88 bits per heavy atom. The molecule has 0 radical (unpaired) electrons. The van der Waals surface area contributed by atoms with Gasteiger partial charge in [-0.1, -0.05) is 12.1 Å². The average Bonchev–Trinajstić information content (AvgIpc) is 3.18. The highest BCUT2D eigenvalue weighted by molar-refractivity contribution is 7.18. The third kappa shape index (κ3) is 2.42. The first-order valence-corrected chi connectivity index (χ1v) is 8.67. The van der Waals surface area contributed by atoms with Gasteiger partial charge in [0.25, 0.3) is 5.56 Å². The van der Waals surface area contributed by atoms with E-state index >= 15 is 0 Å². The summed E-state index contributed by atoms with van der Waals surface area (Å²) in [6, 6.07) is 8.79. The fourth-order valence-corrected chi connectivity index (χ4v) is 4.44. The monoisotopic (exact) mass is 337 g/mol. The van der Waals surface area contributed by atoms with Gasteiger partial charge in [0.1, 0.15) is 4.83 Å². The van der Waals surface area contributed by atoms with Gasteiger partial charge in [0.2, 0.25) is 0 Å². The molecule has 6 heteroatoms. The number of aliphatic hydroxyl groups excluding tert-OH is 1. The van der Waals surface area contributed by atoms with E-state index in [-0.39, 0.29) is 12.1 Å². The van der Waals surface area contributed by atoms with Crippen LogP contribution in [0.4, 0.5) is 0 Å². The predicted octanol–water partition coefficient (Wildman–Crippen LogP) is 2.55. The molecule has 120 valence electrons. The highest BCUT2D eigenvalue weighted by atomic mass is 32.1. The van der Waals surface area contributed by atoms with Crippen molar-refractivity contribution >= 4 is 21.6 Å². The lowest BCUT2D eigenvalue weighted by Crippen LogP contribution is -2.23. The molecule has 0 aliphatic heterocycles. The van der Waals surface area contributed by atoms with E-state index in [0.29, 0.717) is 11.1 Å². The maximum atomic E-state index is 12.8. The summed E-state index contributed by atoms with van der Waals surface area (Å²) >= 11 is 1.61. The summed E-state index contributed by atoms with van der Waals surface area (Å²) < 4.78 is 1.48. The van der Waals surface area contributed by atoms with Gasteiger partial charge in [-0.3, -0.25) is 9.36 Å². The molecule has 4 rings (SSSR count). The van der Waals surface area contributed by atoms with Crippen LogP contribution in [0.2, 0.25) is 0 Å². The van der Waals surface area contributed by atoms with Crippen LogP contribution in [0.5, 0.6) is 0 Å². The van der Waals surface area contributed by atoms with E-state index in [0.717, 1.165) is 35.0 Å². The predicted molar refractivity (Wildman–Crippen MR) is 92.0 cm³/mol. The van der Waals surface area contributed by atoms with Crippen molar-refractivity contribution in [1.29, 1.82) is 5.26 Å². The van der Waals surface area contributed by atoms with Crippen LogP contribution >= 0.6 is 11.3 Å². The summed E-state index contributed by atoms with van der Waals surface area (Å²) in [5.41, 5.74) is 2.29. The third-order valence-corrected chi connectivity index (χ3v) is 5.69. The van der Waals surface area contributed by atoms with Gasteiger partial charge in [0.05, 0.1) is 36.0 Å². The van der Waals surface area contributed by atoms with Gasteiger partial charge < -0.3 is 5.11 Å². The zero-order valence-corrected chi connectivity index (χ0v) is 13.7. The van der Waals surface area contributed by atoms with E-state index in [1.807, 2.05) is 6.07 Å². The molecule has 1 aliphatic carbocycles. The van der Waals surface area contributed by atoms with Crippen LogP contribution in [0, 0.1) is 11.3 Å². The zero-order valence-electron chi connectivity index (χ0n) is 12.9. The molecule has 0 spiro atoms. The summed E-state index contributed by atoms with van der Waals surface area (Å²) in [7, 11) is 0. The van der Waals surface area contributed by atoms with Gasteiger partial charge in [0, 0.05) is 4.88 Å². The second-order valence-electron chi connectivity index (χ2n) is 5.99. The number of nitrogens with zero attached hydrogens (tertiary/aromatic N) is 3. The summed E-state index contributed by atoms with van der Waals surface area (Å²) in [5.74, 6) is 0. The lowest BCUT2D eigenvalue weighted by molar-refractivity contribution is 0.155. The number of thiophene rings is 1. The summed E-state index contributed by atoms with van der Waals surface area (Å²) in [4.78, 5) is 19.3. The Morgan fingerprint density at radius 2 is 2.12 bits per heavy atom. The number of hydrogen-bond donors (Lipinski definition) is 1. The van der Waals surface area contributed by atoms with E-state index in [2.05, 4.69) is 4.98 Å². The third-order valence-electron chi connectivity index (χ3n) is 4.49. The van der Waals surface area contributed by atoms with Crippen LogP contribution in [-0.2, 0) is 19.4 Å². The number of aryl methyl sites for hydroxylation is 2. The van der Waals surface area contributed by atoms with E-state index < -0.39 is 6.10 Å². The van der Waals surface area contributed by atoms with Crippen molar-refractivity contribution in [3.05, 3.63) is 62.5 Å². The number of benzene rings is 1. The summed E-state index contributed by atoms with van der Waals surface area (Å²) in [5, 5.41) is 20.0. The molecule has 1 aliphatic rings. The molecule has 2 aromatic heterocycles. The Bertz CT molecular complexity index is 1010. The zero-order chi connectivity index (χ0) is 16.7. The van der Waals surface area contributed by atoms with Crippen LogP contribution in [0.1, 0.15) is 34.1 Å². The standard InChI is InChI=1S/C18H15N3O2S/c19-8-11-4-6-12(7-5-11)14(22)9-21-10-20-17-16(18(21)23)13-2-1-3-15(13)24-17/h4-7,10,14,22H,1-3,9H2. The Morgan fingerprint density at radius 1 is 1.33 bits per heavy atom. The normalized spacial score (nSPS) is 14.5. The van der Waals surface area contributed by atoms with Crippen molar-refractivity contribution in [3.8, 4) is 6.07 Å². The van der Waals surface area contributed by atoms with Gasteiger partial charge >= 0.3 is 0 Å². The molecule has 0 amide bonds. The Kier molecular flexibility index (Phi) is 3.68. The van der Waals surface area contributed by atoms with Gasteiger partial charge in [-0.15, -0.1) is 11.3 Å². The van der Waals surface area contributed by atoms with Crippen molar-refractivity contribution in [1.82, 2.24) is 9.55 Å². The Balaban J connectivity index is 1.68. The molecule has 1 aromatic carbocycles.